The topological polar surface area (TPSA) is 69.6 Å². The molecule has 1 heterocycles. The van der Waals surface area contributed by atoms with Crippen molar-refractivity contribution in [1.82, 2.24) is 20.2 Å². The van der Waals surface area contributed by atoms with Gasteiger partial charge in [0.25, 0.3) is 0 Å². The highest BCUT2D eigenvalue weighted by Crippen LogP contribution is 2.29. The minimum Gasteiger partial charge on any atom is -0.396 e. The van der Waals surface area contributed by atoms with Gasteiger partial charge in [0.15, 0.2) is 5.82 Å². The molecule has 108 valence electrons. The quantitative estimate of drug-likeness (QED) is 0.872. The van der Waals surface area contributed by atoms with Crippen LogP contribution < -0.4 is 5.73 Å². The molecule has 0 saturated heterocycles. The summed E-state index contributed by atoms with van der Waals surface area (Å²) < 4.78 is 15.3. The van der Waals surface area contributed by atoms with Gasteiger partial charge in [-0.3, -0.25) is 0 Å². The average Bonchev–Trinajstić information content (AvgIpc) is 2.80. The number of nitrogens with two attached hydrogens (primary N) is 1. The molecule has 2 N–H and O–H groups in total. The molecule has 0 bridgehead atoms. The summed E-state index contributed by atoms with van der Waals surface area (Å²) in [6.45, 7) is 9.30. The van der Waals surface area contributed by atoms with Crippen molar-refractivity contribution in [3.05, 3.63) is 24.0 Å². The van der Waals surface area contributed by atoms with Crippen LogP contribution in [-0.4, -0.2) is 20.2 Å². The van der Waals surface area contributed by atoms with Crippen LogP contribution in [0.2, 0.25) is 0 Å². The maximum atomic E-state index is 13.6. The Morgan fingerprint density at radius 2 is 2.05 bits per heavy atom. The monoisotopic (exact) mass is 277 g/mol. The van der Waals surface area contributed by atoms with Crippen molar-refractivity contribution in [3.8, 4) is 11.4 Å². The summed E-state index contributed by atoms with van der Waals surface area (Å²) in [6, 6.07) is 4.61. The van der Waals surface area contributed by atoms with Crippen molar-refractivity contribution in [2.24, 2.45) is 11.3 Å². The van der Waals surface area contributed by atoms with Gasteiger partial charge in [-0.25, -0.2) is 9.07 Å². The molecular weight excluding hydrogens is 257 g/mol. The molecule has 1 aromatic carbocycles. The Labute approximate surface area is 118 Å². The molecule has 0 amide bonds. The lowest BCUT2D eigenvalue weighted by Crippen LogP contribution is -2.26. The Balaban J connectivity index is 2.35. The fourth-order valence-corrected chi connectivity index (χ4v) is 1.75. The molecule has 0 fully saturated rings. The first-order valence-corrected chi connectivity index (χ1v) is 6.63. The number of tetrazole rings is 1. The number of benzene rings is 1. The zero-order valence-corrected chi connectivity index (χ0v) is 12.3. The zero-order chi connectivity index (χ0) is 14.9. The first-order valence-electron chi connectivity index (χ1n) is 6.63. The first-order chi connectivity index (χ1) is 9.31. The lowest BCUT2D eigenvalue weighted by Gasteiger charge is -2.29. The van der Waals surface area contributed by atoms with Gasteiger partial charge in [-0.1, -0.05) is 27.7 Å². The van der Waals surface area contributed by atoms with Gasteiger partial charge in [-0.05, 0) is 40.0 Å². The summed E-state index contributed by atoms with van der Waals surface area (Å²) in [5, 5.41) is 11.7. The molecule has 0 aliphatic carbocycles. The van der Waals surface area contributed by atoms with Crippen molar-refractivity contribution in [1.29, 1.82) is 0 Å². The molecule has 2 rings (SSSR count). The fourth-order valence-electron chi connectivity index (χ4n) is 1.75. The molecule has 6 heteroatoms. The average molecular weight is 277 g/mol. The number of halogens is 1. The largest absolute Gasteiger partial charge is 0.396 e. The Morgan fingerprint density at radius 3 is 2.65 bits per heavy atom. The van der Waals surface area contributed by atoms with Gasteiger partial charge in [0.2, 0.25) is 0 Å². The number of nitrogens with zero attached hydrogens (tertiary/aromatic N) is 4. The second-order valence-corrected chi connectivity index (χ2v) is 6.04. The number of hydrogen-bond donors (Lipinski definition) is 1. The molecular formula is C14H20FN5. The van der Waals surface area contributed by atoms with E-state index in [9.17, 15) is 4.39 Å². The number of aromatic nitrogens is 4. The van der Waals surface area contributed by atoms with Crippen molar-refractivity contribution in [2.75, 3.05) is 5.73 Å². The maximum absolute atomic E-state index is 13.6. The van der Waals surface area contributed by atoms with E-state index in [2.05, 4.69) is 43.2 Å². The van der Waals surface area contributed by atoms with E-state index in [1.807, 2.05) is 0 Å². The Bertz CT molecular complexity index is 603. The Morgan fingerprint density at radius 1 is 1.35 bits per heavy atom. The highest BCUT2D eigenvalue weighted by atomic mass is 19.1. The van der Waals surface area contributed by atoms with Crippen LogP contribution in [0.4, 0.5) is 10.1 Å². The van der Waals surface area contributed by atoms with Crippen LogP contribution in [0, 0.1) is 17.2 Å². The van der Waals surface area contributed by atoms with E-state index < -0.39 is 5.82 Å². The molecule has 2 aromatic rings. The third-order valence-electron chi connectivity index (χ3n) is 3.91. The van der Waals surface area contributed by atoms with Crippen LogP contribution >= 0.6 is 0 Å². The number of hydrogen-bond acceptors (Lipinski definition) is 4. The van der Waals surface area contributed by atoms with Crippen molar-refractivity contribution in [2.45, 2.75) is 34.2 Å². The minimum absolute atomic E-state index is 0.0382. The second kappa shape index (κ2) is 5.19. The van der Waals surface area contributed by atoms with E-state index in [1.165, 1.54) is 12.1 Å². The molecule has 0 spiro atoms. The summed E-state index contributed by atoms with van der Waals surface area (Å²) in [6.07, 6.45) is 0. The lowest BCUT2D eigenvalue weighted by atomic mass is 9.81. The van der Waals surface area contributed by atoms with E-state index >= 15 is 0 Å². The zero-order valence-electron chi connectivity index (χ0n) is 12.3. The van der Waals surface area contributed by atoms with Crippen LogP contribution in [0.25, 0.3) is 11.4 Å². The van der Waals surface area contributed by atoms with Crippen LogP contribution in [0.5, 0.6) is 0 Å². The van der Waals surface area contributed by atoms with Gasteiger partial charge in [0.1, 0.15) is 5.82 Å². The molecule has 1 aromatic heterocycles. The summed E-state index contributed by atoms with van der Waals surface area (Å²) in [4.78, 5) is 0. The third kappa shape index (κ3) is 2.79. The van der Waals surface area contributed by atoms with E-state index in [0.717, 1.165) is 0 Å². The number of anilines is 1. The van der Waals surface area contributed by atoms with Gasteiger partial charge in [-0.2, -0.15) is 0 Å². The van der Waals surface area contributed by atoms with E-state index in [0.29, 0.717) is 23.9 Å². The lowest BCUT2D eigenvalue weighted by molar-refractivity contribution is 0.200. The highest BCUT2D eigenvalue weighted by Gasteiger charge is 2.25. The van der Waals surface area contributed by atoms with Gasteiger partial charge < -0.3 is 5.73 Å². The smallest absolute Gasteiger partial charge is 0.182 e. The fraction of sp³-hybridized carbons (Fsp3) is 0.500. The number of nitrogen functional groups attached to an aromatic ring is 1. The van der Waals surface area contributed by atoms with E-state index in [-0.39, 0.29) is 11.1 Å². The molecule has 0 atom stereocenters. The molecule has 0 unspecified atom stereocenters. The highest BCUT2D eigenvalue weighted by molar-refractivity contribution is 5.59. The van der Waals surface area contributed by atoms with Gasteiger partial charge in [0.05, 0.1) is 12.2 Å². The first kappa shape index (κ1) is 14.4. The SMILES string of the molecule is CC(C)C(C)(C)Cn1nnnc1-c1ccc(N)c(F)c1. The molecule has 0 radical (unpaired) electrons. The number of rotatable bonds is 4. The summed E-state index contributed by atoms with van der Waals surface area (Å²) in [5.74, 6) is 0.570. The van der Waals surface area contributed by atoms with E-state index in [1.54, 1.807) is 10.7 Å². The predicted octanol–water partition coefficient (Wildman–Crippen LogP) is 2.74. The van der Waals surface area contributed by atoms with Crippen LogP contribution in [0.3, 0.4) is 0 Å². The third-order valence-corrected chi connectivity index (χ3v) is 3.91. The summed E-state index contributed by atoms with van der Waals surface area (Å²) >= 11 is 0. The van der Waals surface area contributed by atoms with Gasteiger partial charge in [-0.15, -0.1) is 5.10 Å². The van der Waals surface area contributed by atoms with Crippen molar-refractivity contribution < 1.29 is 4.39 Å². The van der Waals surface area contributed by atoms with Crippen LogP contribution in [0.15, 0.2) is 18.2 Å². The van der Waals surface area contributed by atoms with Crippen molar-refractivity contribution >= 4 is 5.69 Å². The van der Waals surface area contributed by atoms with E-state index in [4.69, 9.17) is 5.73 Å². The molecule has 0 saturated carbocycles. The Kier molecular flexibility index (Phi) is 3.74. The predicted molar refractivity (Wildman–Crippen MR) is 76.2 cm³/mol. The van der Waals surface area contributed by atoms with Gasteiger partial charge >= 0.3 is 0 Å². The standard InChI is InChI=1S/C14H20FN5/c1-9(2)14(3,4)8-20-13(17-18-19-20)10-5-6-12(16)11(15)7-10/h5-7,9H,8,16H2,1-4H3. The normalized spacial score (nSPS) is 12.1. The molecule has 0 aliphatic rings. The molecule has 20 heavy (non-hydrogen) atoms. The Hall–Kier alpha value is -1.98. The second-order valence-electron chi connectivity index (χ2n) is 6.04. The van der Waals surface area contributed by atoms with Gasteiger partial charge in [0, 0.05) is 5.56 Å². The summed E-state index contributed by atoms with van der Waals surface area (Å²) in [7, 11) is 0. The summed E-state index contributed by atoms with van der Waals surface area (Å²) in [5.41, 5.74) is 6.27. The maximum Gasteiger partial charge on any atom is 0.182 e. The van der Waals surface area contributed by atoms with Crippen LogP contribution in [0.1, 0.15) is 27.7 Å². The molecule has 0 aliphatic heterocycles. The minimum atomic E-state index is -0.458. The van der Waals surface area contributed by atoms with Crippen molar-refractivity contribution in [3.63, 3.8) is 0 Å². The van der Waals surface area contributed by atoms with Crippen LogP contribution in [-0.2, 0) is 6.54 Å². The molecule has 5 nitrogen and oxygen atoms in total.